The number of hydrogen-bond acceptors (Lipinski definition) is 3. The molecular weight excluding hydrogens is 218 g/mol. The molecule has 0 aliphatic carbocycles. The van der Waals surface area contributed by atoms with E-state index >= 15 is 0 Å². The Labute approximate surface area is 101 Å². The molecule has 0 unspecified atom stereocenters. The van der Waals surface area contributed by atoms with Gasteiger partial charge in [0.1, 0.15) is 0 Å². The smallest absolute Gasteiger partial charge is 0.192 e. The van der Waals surface area contributed by atoms with E-state index in [1.54, 1.807) is 0 Å². The Hall–Kier alpha value is 0.0969. The summed E-state index contributed by atoms with van der Waals surface area (Å²) in [5.41, 5.74) is 0. The lowest BCUT2D eigenvalue weighted by atomic mass is 10.2. The van der Waals surface area contributed by atoms with Gasteiger partial charge in [-0.05, 0) is 31.6 Å². The van der Waals surface area contributed by atoms with Crippen LogP contribution in [0.25, 0.3) is 0 Å². The number of rotatable bonds is 3. The van der Waals surface area contributed by atoms with Gasteiger partial charge in [0.2, 0.25) is 0 Å². The van der Waals surface area contributed by atoms with Crippen molar-refractivity contribution in [3.05, 3.63) is 0 Å². The number of aliphatic hydroxyl groups excluding tert-OH is 1. The molecule has 4 heteroatoms. The summed E-state index contributed by atoms with van der Waals surface area (Å²) in [6, 6.07) is 0.189. The van der Waals surface area contributed by atoms with E-state index in [0.29, 0.717) is 0 Å². The molecule has 16 heavy (non-hydrogen) atoms. The van der Waals surface area contributed by atoms with Crippen LogP contribution in [0.3, 0.4) is 0 Å². The van der Waals surface area contributed by atoms with Crippen LogP contribution in [0.4, 0.5) is 0 Å². The molecule has 0 aromatic heterocycles. The van der Waals surface area contributed by atoms with Crippen LogP contribution in [0, 0.1) is 0 Å². The van der Waals surface area contributed by atoms with Crippen LogP contribution >= 0.6 is 0 Å². The molecular formula is C12H27NO2Si. The molecule has 0 saturated carbocycles. The number of hydrogen-bond donors (Lipinski definition) is 1. The monoisotopic (exact) mass is 245 g/mol. The van der Waals surface area contributed by atoms with Crippen molar-refractivity contribution in [1.29, 1.82) is 0 Å². The topological polar surface area (TPSA) is 32.7 Å². The second-order valence-corrected chi connectivity index (χ2v) is 11.2. The van der Waals surface area contributed by atoms with E-state index in [9.17, 15) is 5.11 Å². The van der Waals surface area contributed by atoms with Gasteiger partial charge in [0.15, 0.2) is 8.32 Å². The molecule has 0 aromatic rings. The van der Waals surface area contributed by atoms with Crippen LogP contribution in [0.1, 0.15) is 27.2 Å². The molecule has 2 atom stereocenters. The van der Waals surface area contributed by atoms with Gasteiger partial charge < -0.3 is 9.53 Å². The third kappa shape index (κ3) is 2.86. The largest absolute Gasteiger partial charge is 0.412 e. The van der Waals surface area contributed by atoms with E-state index in [-0.39, 0.29) is 23.8 Å². The molecule has 0 aromatic carbocycles. The lowest BCUT2D eigenvalue weighted by Gasteiger charge is -2.40. The van der Waals surface area contributed by atoms with Gasteiger partial charge >= 0.3 is 0 Å². The van der Waals surface area contributed by atoms with Gasteiger partial charge in [0.25, 0.3) is 0 Å². The Balaban J connectivity index is 2.67. The molecule has 96 valence electrons. The Kier molecular flexibility index (Phi) is 4.22. The molecule has 1 N–H and O–H groups in total. The van der Waals surface area contributed by atoms with Crippen molar-refractivity contribution in [3.8, 4) is 0 Å². The van der Waals surface area contributed by atoms with E-state index in [0.717, 1.165) is 13.0 Å². The average molecular weight is 245 g/mol. The van der Waals surface area contributed by atoms with E-state index in [1.807, 2.05) is 0 Å². The molecule has 1 aliphatic heterocycles. The van der Waals surface area contributed by atoms with Gasteiger partial charge in [-0.3, -0.25) is 4.90 Å². The first kappa shape index (κ1) is 14.2. The molecule has 0 spiro atoms. The Morgan fingerprint density at radius 1 is 1.38 bits per heavy atom. The molecule has 1 aliphatic rings. The average Bonchev–Trinajstić information content (AvgIpc) is 2.44. The van der Waals surface area contributed by atoms with E-state index in [1.165, 1.54) is 0 Å². The zero-order chi connectivity index (χ0) is 12.6. The molecule has 1 heterocycles. The van der Waals surface area contributed by atoms with Crippen molar-refractivity contribution in [1.82, 2.24) is 4.90 Å². The maximum atomic E-state index is 9.40. The zero-order valence-electron chi connectivity index (χ0n) is 11.6. The minimum Gasteiger partial charge on any atom is -0.412 e. The fourth-order valence-corrected chi connectivity index (χ4v) is 3.31. The summed E-state index contributed by atoms with van der Waals surface area (Å²) < 4.78 is 6.37. The Morgan fingerprint density at radius 2 is 1.94 bits per heavy atom. The predicted octanol–water partition coefficient (Wildman–Crippen LogP) is 2.07. The predicted molar refractivity (Wildman–Crippen MR) is 70.2 cm³/mol. The van der Waals surface area contributed by atoms with Crippen LogP contribution in [-0.4, -0.2) is 50.7 Å². The van der Waals surface area contributed by atoms with Crippen molar-refractivity contribution in [3.63, 3.8) is 0 Å². The van der Waals surface area contributed by atoms with Crippen molar-refractivity contribution in [2.75, 3.05) is 20.2 Å². The van der Waals surface area contributed by atoms with Crippen LogP contribution in [0.15, 0.2) is 0 Å². The van der Waals surface area contributed by atoms with Gasteiger partial charge in [0.05, 0.1) is 18.8 Å². The molecule has 0 bridgehead atoms. The molecule has 0 radical (unpaired) electrons. The first-order chi connectivity index (χ1) is 7.19. The molecule has 3 nitrogen and oxygen atoms in total. The van der Waals surface area contributed by atoms with Gasteiger partial charge in [-0.25, -0.2) is 0 Å². The van der Waals surface area contributed by atoms with Crippen molar-refractivity contribution < 1.29 is 9.53 Å². The second-order valence-electron chi connectivity index (χ2n) is 6.44. The fourth-order valence-electron chi connectivity index (χ4n) is 1.92. The highest BCUT2D eigenvalue weighted by Crippen LogP contribution is 2.39. The lowest BCUT2D eigenvalue weighted by molar-refractivity contribution is 0.0882. The molecule has 1 rings (SSSR count). The SMILES string of the molecule is CN1CC[C@H](O[Si](C)(C)C(C)(C)C)[C@H]1CO. The number of nitrogens with zero attached hydrogens (tertiary/aromatic N) is 1. The van der Waals surface area contributed by atoms with Gasteiger partial charge in [-0.15, -0.1) is 0 Å². The summed E-state index contributed by atoms with van der Waals surface area (Å²) in [6.07, 6.45) is 1.27. The normalized spacial score (nSPS) is 28.7. The first-order valence-corrected chi connectivity index (χ1v) is 9.09. The summed E-state index contributed by atoms with van der Waals surface area (Å²) >= 11 is 0. The minimum atomic E-state index is -1.70. The number of likely N-dealkylation sites (N-methyl/N-ethyl adjacent to an activating group) is 1. The van der Waals surface area contributed by atoms with Crippen molar-refractivity contribution in [2.45, 2.75) is 57.5 Å². The number of aliphatic hydroxyl groups is 1. The van der Waals surface area contributed by atoms with E-state index < -0.39 is 8.32 Å². The molecule has 1 fully saturated rings. The summed E-state index contributed by atoms with van der Waals surface area (Å²) in [7, 11) is 0.370. The third-order valence-electron chi connectivity index (χ3n) is 4.20. The van der Waals surface area contributed by atoms with E-state index in [4.69, 9.17) is 4.43 Å². The fraction of sp³-hybridized carbons (Fsp3) is 1.00. The maximum Gasteiger partial charge on any atom is 0.192 e. The first-order valence-electron chi connectivity index (χ1n) is 6.18. The highest BCUT2D eigenvalue weighted by molar-refractivity contribution is 6.74. The molecule has 0 amide bonds. The quantitative estimate of drug-likeness (QED) is 0.773. The standard InChI is InChI=1S/C12H27NO2Si/c1-12(2,3)16(5,6)15-11-7-8-13(4)10(11)9-14/h10-11,14H,7-9H2,1-6H3/t10-,11+/m1/s1. The van der Waals surface area contributed by atoms with Gasteiger partial charge in [-0.2, -0.15) is 0 Å². The second kappa shape index (κ2) is 4.76. The zero-order valence-corrected chi connectivity index (χ0v) is 12.6. The maximum absolute atomic E-state index is 9.40. The molecule has 1 saturated heterocycles. The number of likely N-dealkylation sites (tertiary alicyclic amines) is 1. The third-order valence-corrected chi connectivity index (χ3v) is 8.71. The highest BCUT2D eigenvalue weighted by Gasteiger charge is 2.42. The Morgan fingerprint density at radius 3 is 2.38 bits per heavy atom. The summed E-state index contributed by atoms with van der Waals surface area (Å²) in [5.74, 6) is 0. The van der Waals surface area contributed by atoms with Crippen LogP contribution in [-0.2, 0) is 4.43 Å². The van der Waals surface area contributed by atoms with Crippen molar-refractivity contribution in [2.24, 2.45) is 0 Å². The minimum absolute atomic E-state index is 0.189. The van der Waals surface area contributed by atoms with Crippen molar-refractivity contribution >= 4 is 8.32 Å². The van der Waals surface area contributed by atoms with Crippen LogP contribution < -0.4 is 0 Å². The van der Waals surface area contributed by atoms with Crippen LogP contribution in [0.5, 0.6) is 0 Å². The van der Waals surface area contributed by atoms with Gasteiger partial charge in [-0.1, -0.05) is 20.8 Å². The summed E-state index contributed by atoms with van der Waals surface area (Å²) in [6.45, 7) is 12.6. The van der Waals surface area contributed by atoms with Gasteiger partial charge in [0, 0.05) is 6.54 Å². The lowest BCUT2D eigenvalue weighted by Crippen LogP contribution is -2.48. The van der Waals surface area contributed by atoms with Crippen LogP contribution in [0.2, 0.25) is 18.1 Å². The summed E-state index contributed by atoms with van der Waals surface area (Å²) in [4.78, 5) is 2.21. The highest BCUT2D eigenvalue weighted by atomic mass is 28.4. The Bertz CT molecular complexity index is 238. The van der Waals surface area contributed by atoms with E-state index in [2.05, 4.69) is 45.8 Å². The summed E-state index contributed by atoms with van der Waals surface area (Å²) in [5, 5.41) is 9.64.